The molecule has 0 fully saturated rings. The lowest BCUT2D eigenvalue weighted by Gasteiger charge is -2.19. The highest BCUT2D eigenvalue weighted by molar-refractivity contribution is 9.10. The largest absolute Gasteiger partial charge is 0.480 e. The Morgan fingerprint density at radius 1 is 1.40 bits per heavy atom. The summed E-state index contributed by atoms with van der Waals surface area (Å²) in [7, 11) is 0. The number of benzene rings is 1. The first kappa shape index (κ1) is 17.0. The fraction of sp³-hybridized carbons (Fsp3) is 0.462. The topological polar surface area (TPSA) is 49.3 Å². The molecule has 0 saturated carbocycles. The van der Waals surface area contributed by atoms with Crippen molar-refractivity contribution in [1.82, 2.24) is 5.32 Å². The van der Waals surface area contributed by atoms with Crippen LogP contribution < -0.4 is 5.32 Å². The third-order valence-electron chi connectivity index (χ3n) is 2.82. The summed E-state index contributed by atoms with van der Waals surface area (Å²) in [5, 5.41) is 11.8. The molecule has 1 rings (SSSR count). The second kappa shape index (κ2) is 6.58. The second-order valence-corrected chi connectivity index (χ2v) is 5.60. The molecule has 0 aliphatic rings. The van der Waals surface area contributed by atoms with Gasteiger partial charge in [0.15, 0.2) is 0 Å². The van der Waals surface area contributed by atoms with E-state index >= 15 is 0 Å². The molecular weight excluding hydrogens is 339 g/mol. The molecule has 0 aliphatic carbocycles. The summed E-state index contributed by atoms with van der Waals surface area (Å²) in [5.41, 5.74) is -0.388. The zero-order valence-corrected chi connectivity index (χ0v) is 12.5. The van der Waals surface area contributed by atoms with Gasteiger partial charge < -0.3 is 10.4 Å². The van der Waals surface area contributed by atoms with E-state index in [9.17, 15) is 18.0 Å². The minimum Gasteiger partial charge on any atom is -0.480 e. The van der Waals surface area contributed by atoms with Gasteiger partial charge >= 0.3 is 12.1 Å². The number of hydrogen-bond donors (Lipinski definition) is 2. The number of carbonyl (C=O) groups is 1. The summed E-state index contributed by atoms with van der Waals surface area (Å²) >= 11 is 3.17. The number of nitrogens with one attached hydrogen (secondary N) is 1. The average Bonchev–Trinajstić information content (AvgIpc) is 2.29. The predicted molar refractivity (Wildman–Crippen MR) is 72.2 cm³/mol. The van der Waals surface area contributed by atoms with Crippen molar-refractivity contribution < 1.29 is 23.1 Å². The molecule has 0 spiro atoms. The lowest BCUT2D eigenvalue weighted by molar-refractivity contribution is -0.141. The van der Waals surface area contributed by atoms with Crippen molar-refractivity contribution in [3.63, 3.8) is 0 Å². The maximum absolute atomic E-state index is 12.6. The first-order valence-corrected chi connectivity index (χ1v) is 6.74. The van der Waals surface area contributed by atoms with Crippen LogP contribution in [0.4, 0.5) is 13.2 Å². The smallest absolute Gasteiger partial charge is 0.416 e. The molecule has 2 N–H and O–H groups in total. The van der Waals surface area contributed by atoms with Gasteiger partial charge in [-0.3, -0.25) is 4.79 Å². The Hall–Kier alpha value is -1.08. The first-order valence-electron chi connectivity index (χ1n) is 5.94. The summed E-state index contributed by atoms with van der Waals surface area (Å²) in [6.45, 7) is 3.50. The quantitative estimate of drug-likeness (QED) is 0.849. The minimum atomic E-state index is -4.42. The average molecular weight is 354 g/mol. The third-order valence-corrected chi connectivity index (χ3v) is 3.59. The molecule has 0 bridgehead atoms. The maximum Gasteiger partial charge on any atom is 0.416 e. The van der Waals surface area contributed by atoms with Gasteiger partial charge in [-0.2, -0.15) is 13.2 Å². The van der Waals surface area contributed by atoms with Gasteiger partial charge in [0.25, 0.3) is 0 Å². The number of halogens is 4. The van der Waals surface area contributed by atoms with Crippen LogP contribution in [0, 0.1) is 5.92 Å². The zero-order chi connectivity index (χ0) is 15.5. The Morgan fingerprint density at radius 2 is 2.00 bits per heavy atom. The molecule has 0 saturated heterocycles. The third kappa shape index (κ3) is 4.49. The fourth-order valence-electron chi connectivity index (χ4n) is 1.71. The Labute approximate surface area is 123 Å². The van der Waals surface area contributed by atoms with E-state index in [-0.39, 0.29) is 12.5 Å². The van der Waals surface area contributed by atoms with Crippen LogP contribution in [-0.2, 0) is 17.5 Å². The van der Waals surface area contributed by atoms with Crippen LogP contribution in [0.3, 0.4) is 0 Å². The number of rotatable bonds is 5. The van der Waals surface area contributed by atoms with Crippen LogP contribution in [0.1, 0.15) is 25.0 Å². The Balaban J connectivity index is 2.89. The van der Waals surface area contributed by atoms with Gasteiger partial charge in [0.05, 0.1) is 5.56 Å². The number of carboxylic acids is 1. The number of carboxylic acid groups (broad SMARTS) is 1. The SMILES string of the molecule is CC(C)[C@@H](NCc1cc(C(F)(F)F)ccc1Br)C(=O)O. The monoisotopic (exact) mass is 353 g/mol. The van der Waals surface area contributed by atoms with Crippen molar-refractivity contribution in [3.8, 4) is 0 Å². The van der Waals surface area contributed by atoms with E-state index in [4.69, 9.17) is 5.11 Å². The molecule has 0 aromatic heterocycles. The highest BCUT2D eigenvalue weighted by atomic mass is 79.9. The van der Waals surface area contributed by atoms with Crippen molar-refractivity contribution >= 4 is 21.9 Å². The lowest BCUT2D eigenvalue weighted by atomic mass is 10.0. The van der Waals surface area contributed by atoms with Crippen LogP contribution in [-0.4, -0.2) is 17.1 Å². The standard InChI is InChI=1S/C13H15BrF3NO2/c1-7(2)11(12(19)20)18-6-8-5-9(13(15,16)17)3-4-10(8)14/h3-5,7,11,18H,6H2,1-2H3,(H,19,20)/t11-/m1/s1. The first-order chi connectivity index (χ1) is 9.12. The number of aliphatic carboxylic acids is 1. The van der Waals surface area contributed by atoms with Crippen LogP contribution in [0.5, 0.6) is 0 Å². The molecule has 1 aromatic rings. The molecule has 0 amide bonds. The normalized spacial score (nSPS) is 13.6. The van der Waals surface area contributed by atoms with Crippen molar-refractivity contribution in [2.24, 2.45) is 5.92 Å². The molecule has 0 radical (unpaired) electrons. The lowest BCUT2D eigenvalue weighted by Crippen LogP contribution is -2.40. The summed E-state index contributed by atoms with van der Waals surface area (Å²) in [6, 6.07) is 2.49. The van der Waals surface area contributed by atoms with E-state index < -0.39 is 23.8 Å². The van der Waals surface area contributed by atoms with E-state index in [1.54, 1.807) is 13.8 Å². The van der Waals surface area contributed by atoms with Crippen LogP contribution in [0.25, 0.3) is 0 Å². The maximum atomic E-state index is 12.6. The number of hydrogen-bond acceptors (Lipinski definition) is 2. The molecular formula is C13H15BrF3NO2. The van der Waals surface area contributed by atoms with Crippen LogP contribution >= 0.6 is 15.9 Å². The van der Waals surface area contributed by atoms with Crippen molar-refractivity contribution in [1.29, 1.82) is 0 Å². The van der Waals surface area contributed by atoms with E-state index in [1.165, 1.54) is 6.07 Å². The van der Waals surface area contributed by atoms with Crippen molar-refractivity contribution in [3.05, 3.63) is 33.8 Å². The van der Waals surface area contributed by atoms with Gasteiger partial charge in [-0.1, -0.05) is 29.8 Å². The zero-order valence-electron chi connectivity index (χ0n) is 11.0. The van der Waals surface area contributed by atoms with E-state index in [2.05, 4.69) is 21.2 Å². The molecule has 7 heteroatoms. The van der Waals surface area contributed by atoms with Crippen LogP contribution in [0.15, 0.2) is 22.7 Å². The molecule has 1 aromatic carbocycles. The Morgan fingerprint density at radius 3 is 2.45 bits per heavy atom. The Kier molecular flexibility index (Phi) is 5.59. The van der Waals surface area contributed by atoms with E-state index in [1.807, 2.05) is 0 Å². The molecule has 0 heterocycles. The molecule has 0 unspecified atom stereocenters. The second-order valence-electron chi connectivity index (χ2n) is 4.74. The van der Waals surface area contributed by atoms with Crippen molar-refractivity contribution in [2.75, 3.05) is 0 Å². The molecule has 3 nitrogen and oxygen atoms in total. The van der Waals surface area contributed by atoms with Gasteiger partial charge in [0.1, 0.15) is 6.04 Å². The van der Waals surface area contributed by atoms with Crippen molar-refractivity contribution in [2.45, 2.75) is 32.6 Å². The van der Waals surface area contributed by atoms with E-state index in [0.717, 1.165) is 12.1 Å². The van der Waals surface area contributed by atoms with Gasteiger partial charge in [0.2, 0.25) is 0 Å². The minimum absolute atomic E-state index is 0.0413. The van der Waals surface area contributed by atoms with E-state index in [0.29, 0.717) is 10.0 Å². The van der Waals surface area contributed by atoms with Gasteiger partial charge in [-0.05, 0) is 29.7 Å². The highest BCUT2D eigenvalue weighted by Gasteiger charge is 2.31. The van der Waals surface area contributed by atoms with Crippen LogP contribution in [0.2, 0.25) is 0 Å². The summed E-state index contributed by atoms with van der Waals surface area (Å²) < 4.78 is 38.4. The summed E-state index contributed by atoms with van der Waals surface area (Å²) in [4.78, 5) is 11.0. The van der Waals surface area contributed by atoms with Gasteiger partial charge in [-0.25, -0.2) is 0 Å². The molecule has 0 aliphatic heterocycles. The Bertz CT molecular complexity index is 489. The predicted octanol–water partition coefficient (Wildman–Crippen LogP) is 3.67. The molecule has 112 valence electrons. The fourth-order valence-corrected chi connectivity index (χ4v) is 2.10. The highest BCUT2D eigenvalue weighted by Crippen LogP contribution is 2.31. The molecule has 1 atom stereocenters. The summed E-state index contributed by atoms with van der Waals surface area (Å²) in [6.07, 6.45) is -4.42. The number of alkyl halides is 3. The molecule has 20 heavy (non-hydrogen) atoms. The van der Waals surface area contributed by atoms with Gasteiger partial charge in [0, 0.05) is 11.0 Å². The van der Waals surface area contributed by atoms with Gasteiger partial charge in [-0.15, -0.1) is 0 Å². The summed E-state index contributed by atoms with van der Waals surface area (Å²) in [5.74, 6) is -1.19.